The third-order valence-corrected chi connectivity index (χ3v) is 1.32. The Morgan fingerprint density at radius 1 is 1.64 bits per heavy atom. The van der Waals surface area contributed by atoms with Gasteiger partial charge in [0, 0.05) is 6.20 Å². The molecule has 1 heterocycles. The van der Waals surface area contributed by atoms with Crippen LogP contribution in [0.4, 0.5) is 0 Å². The Balaban J connectivity index is 0.000000500. The van der Waals surface area contributed by atoms with Crippen molar-refractivity contribution in [3.8, 4) is 0 Å². The van der Waals surface area contributed by atoms with Gasteiger partial charge in [0.2, 0.25) is 0 Å². The lowest BCUT2D eigenvalue weighted by atomic mass is 10.4. The smallest absolute Gasteiger partial charge is 0.357 e. The van der Waals surface area contributed by atoms with Crippen molar-refractivity contribution in [2.45, 2.75) is 6.92 Å². The Morgan fingerprint density at radius 2 is 2.14 bits per heavy atom. The molecule has 0 aromatic carbocycles. The maximum Gasteiger partial charge on any atom is 0.357 e. The zero-order valence-electron chi connectivity index (χ0n) is 7.56. The van der Waals surface area contributed by atoms with Crippen molar-refractivity contribution in [1.29, 1.82) is 0 Å². The molecule has 14 heavy (non-hydrogen) atoms. The monoisotopic (exact) mass is 220 g/mol. The zero-order chi connectivity index (χ0) is 11.1. The quantitative estimate of drug-likeness (QED) is 0.546. The van der Waals surface area contributed by atoms with E-state index < -0.39 is 5.97 Å². The summed E-state index contributed by atoms with van der Waals surface area (Å²) < 4.78 is 0. The molecule has 2 N–H and O–H groups in total. The summed E-state index contributed by atoms with van der Waals surface area (Å²) in [4.78, 5) is 20.9. The number of hydrogen-bond donors (Lipinski definition) is 2. The van der Waals surface area contributed by atoms with Crippen LogP contribution in [0.1, 0.15) is 16.2 Å². The van der Waals surface area contributed by atoms with Crippen molar-refractivity contribution < 1.29 is 20.0 Å². The third kappa shape index (κ3) is 4.13. The second-order valence-corrected chi connectivity index (χ2v) is 2.50. The first-order chi connectivity index (χ1) is 6.52. The number of carboxylic acids is 1. The Labute approximate surface area is 85.1 Å². The molecule has 0 spiro atoms. The molecule has 0 saturated heterocycles. The molecule has 0 saturated carbocycles. The Bertz CT molecular complexity index is 319. The summed E-state index contributed by atoms with van der Waals surface area (Å²) in [5, 5.41) is 15.5. The SMILES string of the molecule is COO.Cc1cnc(C(=O)O)c(Cl)n1. The molecule has 0 radical (unpaired) electrons. The number of hydrogen-bond acceptors (Lipinski definition) is 5. The van der Waals surface area contributed by atoms with Gasteiger partial charge in [0.15, 0.2) is 10.8 Å². The van der Waals surface area contributed by atoms with E-state index in [1.807, 2.05) is 0 Å². The summed E-state index contributed by atoms with van der Waals surface area (Å²) in [6.07, 6.45) is 1.36. The number of aromatic carboxylic acids is 1. The highest BCUT2D eigenvalue weighted by atomic mass is 35.5. The first kappa shape index (κ1) is 12.8. The minimum absolute atomic E-state index is 0.0718. The fraction of sp³-hybridized carbons (Fsp3) is 0.286. The summed E-state index contributed by atoms with van der Waals surface area (Å²) in [5.74, 6) is -1.16. The van der Waals surface area contributed by atoms with E-state index in [0.717, 1.165) is 0 Å². The van der Waals surface area contributed by atoms with Crippen molar-refractivity contribution in [2.24, 2.45) is 0 Å². The molecule has 0 aliphatic carbocycles. The van der Waals surface area contributed by atoms with Crippen LogP contribution in [-0.4, -0.2) is 33.4 Å². The number of halogens is 1. The molecule has 0 unspecified atom stereocenters. The molecule has 1 aromatic rings. The Kier molecular flexibility index (Phi) is 5.70. The molecule has 0 amide bonds. The minimum Gasteiger partial charge on any atom is -0.476 e. The van der Waals surface area contributed by atoms with E-state index in [4.69, 9.17) is 22.0 Å². The number of carboxylic acid groups (broad SMARTS) is 1. The molecule has 1 aromatic heterocycles. The fourth-order valence-electron chi connectivity index (χ4n) is 0.591. The van der Waals surface area contributed by atoms with E-state index in [1.165, 1.54) is 13.3 Å². The van der Waals surface area contributed by atoms with Crippen LogP contribution in [0.2, 0.25) is 5.15 Å². The molecule has 1 rings (SSSR count). The first-order valence-electron chi connectivity index (χ1n) is 3.43. The zero-order valence-corrected chi connectivity index (χ0v) is 8.32. The standard InChI is InChI=1S/C6H5ClN2O2.CH4O2/c1-3-2-8-4(6(10)11)5(7)9-3;1-3-2/h2H,1H3,(H,10,11);2H,1H3. The maximum atomic E-state index is 10.3. The average molecular weight is 221 g/mol. The highest BCUT2D eigenvalue weighted by Gasteiger charge is 2.10. The van der Waals surface area contributed by atoms with Gasteiger partial charge >= 0.3 is 5.97 Å². The number of carbonyl (C=O) groups is 1. The number of aryl methyl sites for hydroxylation is 1. The highest BCUT2D eigenvalue weighted by molar-refractivity contribution is 6.31. The van der Waals surface area contributed by atoms with Gasteiger partial charge in [-0.15, -0.1) is 0 Å². The van der Waals surface area contributed by atoms with Gasteiger partial charge in [0.1, 0.15) is 0 Å². The van der Waals surface area contributed by atoms with Crippen molar-refractivity contribution in [3.05, 3.63) is 22.7 Å². The first-order valence-corrected chi connectivity index (χ1v) is 3.80. The summed E-state index contributed by atoms with van der Waals surface area (Å²) in [6.45, 7) is 1.69. The minimum atomic E-state index is -1.16. The molecule has 0 aliphatic heterocycles. The summed E-state index contributed by atoms with van der Waals surface area (Å²) in [6, 6.07) is 0. The van der Waals surface area contributed by atoms with E-state index in [2.05, 4.69) is 14.9 Å². The summed E-state index contributed by atoms with van der Waals surface area (Å²) >= 11 is 5.47. The van der Waals surface area contributed by atoms with Gasteiger partial charge in [-0.3, -0.25) is 5.26 Å². The lowest BCUT2D eigenvalue weighted by Crippen LogP contribution is -2.03. The van der Waals surface area contributed by atoms with Gasteiger partial charge in [-0.2, -0.15) is 0 Å². The van der Waals surface area contributed by atoms with Crippen LogP contribution >= 0.6 is 11.6 Å². The summed E-state index contributed by atoms with van der Waals surface area (Å²) in [7, 11) is 1.18. The number of rotatable bonds is 1. The lowest BCUT2D eigenvalue weighted by molar-refractivity contribution is -0.214. The van der Waals surface area contributed by atoms with Crippen molar-refractivity contribution in [1.82, 2.24) is 9.97 Å². The van der Waals surface area contributed by atoms with E-state index in [9.17, 15) is 4.79 Å². The van der Waals surface area contributed by atoms with Crippen molar-refractivity contribution in [2.75, 3.05) is 7.11 Å². The highest BCUT2D eigenvalue weighted by Crippen LogP contribution is 2.09. The van der Waals surface area contributed by atoms with Crippen molar-refractivity contribution in [3.63, 3.8) is 0 Å². The van der Waals surface area contributed by atoms with Gasteiger partial charge in [-0.05, 0) is 6.92 Å². The van der Waals surface area contributed by atoms with E-state index in [1.54, 1.807) is 6.92 Å². The van der Waals surface area contributed by atoms with Crippen LogP contribution in [0.25, 0.3) is 0 Å². The van der Waals surface area contributed by atoms with E-state index >= 15 is 0 Å². The van der Waals surface area contributed by atoms with Gasteiger partial charge in [-0.1, -0.05) is 11.6 Å². The maximum absolute atomic E-state index is 10.3. The van der Waals surface area contributed by atoms with Gasteiger partial charge < -0.3 is 5.11 Å². The molecular weight excluding hydrogens is 212 g/mol. The predicted octanol–water partition coefficient (Wildman–Crippen LogP) is 1.24. The summed E-state index contributed by atoms with van der Waals surface area (Å²) in [5.41, 5.74) is 0.386. The third-order valence-electron chi connectivity index (χ3n) is 1.05. The fourth-order valence-corrected chi connectivity index (χ4v) is 0.854. The molecule has 0 aliphatic rings. The normalized spacial score (nSPS) is 8.86. The molecule has 78 valence electrons. The number of aromatic nitrogens is 2. The Hall–Kier alpha value is -1.24. The number of nitrogens with zero attached hydrogens (tertiary/aromatic N) is 2. The van der Waals surface area contributed by atoms with Crippen LogP contribution in [0.5, 0.6) is 0 Å². The van der Waals surface area contributed by atoms with Crippen LogP contribution in [0.15, 0.2) is 6.20 Å². The van der Waals surface area contributed by atoms with Crippen LogP contribution in [-0.2, 0) is 4.89 Å². The van der Waals surface area contributed by atoms with Crippen molar-refractivity contribution >= 4 is 17.6 Å². The van der Waals surface area contributed by atoms with Gasteiger partial charge in [-0.25, -0.2) is 19.7 Å². The van der Waals surface area contributed by atoms with Gasteiger partial charge in [0.25, 0.3) is 0 Å². The predicted molar refractivity (Wildman–Crippen MR) is 48.4 cm³/mol. The van der Waals surface area contributed by atoms with Crippen LogP contribution in [0.3, 0.4) is 0 Å². The lowest BCUT2D eigenvalue weighted by Gasteiger charge is -1.96. The molecule has 6 nitrogen and oxygen atoms in total. The second-order valence-electron chi connectivity index (χ2n) is 2.14. The topological polar surface area (TPSA) is 92.5 Å². The average Bonchev–Trinajstić information content (AvgIpc) is 2.04. The largest absolute Gasteiger partial charge is 0.476 e. The molecule has 0 fully saturated rings. The van der Waals surface area contributed by atoms with Gasteiger partial charge in [0.05, 0.1) is 12.8 Å². The van der Waals surface area contributed by atoms with Crippen LogP contribution in [0, 0.1) is 6.92 Å². The molecule has 7 heteroatoms. The van der Waals surface area contributed by atoms with E-state index in [-0.39, 0.29) is 10.8 Å². The molecule has 0 atom stereocenters. The second kappa shape index (κ2) is 6.25. The molecular formula is C7H9ClN2O4. The molecule has 0 bridgehead atoms. The van der Waals surface area contributed by atoms with E-state index in [0.29, 0.717) is 5.69 Å². The Morgan fingerprint density at radius 3 is 2.50 bits per heavy atom. The van der Waals surface area contributed by atoms with Crippen LogP contribution < -0.4 is 0 Å².